The van der Waals surface area contributed by atoms with E-state index >= 15 is 0 Å². The smallest absolute Gasteiger partial charge is 0.284 e. The summed E-state index contributed by atoms with van der Waals surface area (Å²) in [5.74, 6) is 0.744. The molecule has 0 bridgehead atoms. The maximum atomic E-state index is 12.8. The molecule has 0 aliphatic rings. The zero-order valence-corrected chi connectivity index (χ0v) is 15.8. The Balaban J connectivity index is 1.70. The Labute approximate surface area is 161 Å². The van der Waals surface area contributed by atoms with Crippen LogP contribution in [0.5, 0.6) is 0 Å². The molecule has 0 unspecified atom stereocenters. The van der Waals surface area contributed by atoms with E-state index in [1.54, 1.807) is 17.0 Å². The van der Waals surface area contributed by atoms with Crippen molar-refractivity contribution in [3.8, 4) is 17.7 Å². The van der Waals surface area contributed by atoms with Gasteiger partial charge in [-0.15, -0.1) is 10.2 Å². The van der Waals surface area contributed by atoms with Gasteiger partial charge < -0.3 is 13.7 Å². The molecule has 0 saturated heterocycles. The van der Waals surface area contributed by atoms with Crippen LogP contribution in [0.15, 0.2) is 50.7 Å². The largest absolute Gasteiger partial charge is 0.459 e. The number of nitriles is 1. The number of furan rings is 1. The first kappa shape index (κ1) is 18.7. The maximum Gasteiger partial charge on any atom is 0.284 e. The Morgan fingerprint density at radius 1 is 1.26 bits per heavy atom. The van der Waals surface area contributed by atoms with Gasteiger partial charge in [0.15, 0.2) is 5.76 Å². The SMILES string of the molecule is Cc1cc(C)cc(N(CCC#N)C(=O)CSc2nnc(-c3ccco3)o2)c1. The van der Waals surface area contributed by atoms with Gasteiger partial charge >= 0.3 is 0 Å². The van der Waals surface area contributed by atoms with Crippen molar-refractivity contribution in [3.63, 3.8) is 0 Å². The summed E-state index contributed by atoms with van der Waals surface area (Å²) < 4.78 is 10.7. The number of aromatic nitrogens is 2. The molecule has 0 saturated carbocycles. The fourth-order valence-corrected chi connectivity index (χ4v) is 3.27. The molecule has 1 aromatic carbocycles. The van der Waals surface area contributed by atoms with Crippen LogP contribution in [0.1, 0.15) is 17.5 Å². The summed E-state index contributed by atoms with van der Waals surface area (Å²) in [7, 11) is 0. The Kier molecular flexibility index (Phi) is 5.94. The van der Waals surface area contributed by atoms with E-state index in [0.29, 0.717) is 12.3 Å². The highest BCUT2D eigenvalue weighted by molar-refractivity contribution is 7.99. The number of hydrogen-bond donors (Lipinski definition) is 0. The molecular weight excluding hydrogens is 364 g/mol. The molecule has 2 heterocycles. The molecular formula is C19H18N4O3S. The number of carbonyl (C=O) groups excluding carboxylic acids is 1. The first-order valence-corrected chi connectivity index (χ1v) is 9.31. The van der Waals surface area contributed by atoms with Crippen LogP contribution in [0.2, 0.25) is 0 Å². The lowest BCUT2D eigenvalue weighted by molar-refractivity contribution is -0.116. The van der Waals surface area contributed by atoms with Gasteiger partial charge in [-0.25, -0.2) is 0 Å². The van der Waals surface area contributed by atoms with Gasteiger partial charge in [0.05, 0.1) is 24.5 Å². The van der Waals surface area contributed by atoms with Crippen LogP contribution >= 0.6 is 11.8 Å². The Hall–Kier alpha value is -3.05. The van der Waals surface area contributed by atoms with Gasteiger partial charge in [-0.05, 0) is 49.2 Å². The molecule has 3 rings (SSSR count). The number of aryl methyl sites for hydroxylation is 2. The zero-order chi connectivity index (χ0) is 19.2. The van der Waals surface area contributed by atoms with E-state index in [9.17, 15) is 4.79 Å². The average molecular weight is 382 g/mol. The van der Waals surface area contributed by atoms with E-state index in [1.807, 2.05) is 32.0 Å². The molecule has 0 aliphatic heterocycles. The van der Waals surface area contributed by atoms with Crippen LogP contribution in [0.4, 0.5) is 5.69 Å². The molecule has 7 nitrogen and oxygen atoms in total. The molecule has 0 fully saturated rings. The van der Waals surface area contributed by atoms with Crippen molar-refractivity contribution in [1.29, 1.82) is 5.26 Å². The molecule has 27 heavy (non-hydrogen) atoms. The highest BCUT2D eigenvalue weighted by Gasteiger charge is 2.19. The van der Waals surface area contributed by atoms with Gasteiger partial charge in [-0.3, -0.25) is 4.79 Å². The fraction of sp³-hybridized carbons (Fsp3) is 0.263. The number of nitrogens with zero attached hydrogens (tertiary/aromatic N) is 4. The molecule has 0 aliphatic carbocycles. The highest BCUT2D eigenvalue weighted by atomic mass is 32.2. The summed E-state index contributed by atoms with van der Waals surface area (Å²) in [6.45, 7) is 4.29. The Morgan fingerprint density at radius 3 is 2.70 bits per heavy atom. The lowest BCUT2D eigenvalue weighted by Gasteiger charge is -2.22. The second-order valence-corrected chi connectivity index (χ2v) is 6.87. The number of carbonyl (C=O) groups is 1. The van der Waals surface area contributed by atoms with Gasteiger partial charge in [0.25, 0.3) is 11.1 Å². The molecule has 3 aromatic rings. The van der Waals surface area contributed by atoms with Crippen LogP contribution < -0.4 is 4.90 Å². The van der Waals surface area contributed by atoms with E-state index < -0.39 is 0 Å². The standard InChI is InChI=1S/C19H18N4O3S/c1-13-9-14(2)11-15(10-13)23(7-4-6-20)17(24)12-27-19-22-21-18(26-19)16-5-3-8-25-16/h3,5,8-11H,4,7,12H2,1-2H3. The number of rotatable bonds is 7. The van der Waals surface area contributed by atoms with Crippen molar-refractivity contribution in [3.05, 3.63) is 47.7 Å². The number of hydrogen-bond acceptors (Lipinski definition) is 7. The predicted molar refractivity (Wildman–Crippen MR) is 101 cm³/mol. The van der Waals surface area contributed by atoms with E-state index in [2.05, 4.69) is 16.3 Å². The average Bonchev–Trinajstić information content (AvgIpc) is 3.31. The van der Waals surface area contributed by atoms with Gasteiger partial charge in [-0.2, -0.15) is 5.26 Å². The van der Waals surface area contributed by atoms with E-state index in [-0.39, 0.29) is 29.2 Å². The number of thioether (sulfide) groups is 1. The van der Waals surface area contributed by atoms with Crippen LogP contribution in [0.25, 0.3) is 11.7 Å². The van der Waals surface area contributed by atoms with Crippen molar-refractivity contribution < 1.29 is 13.6 Å². The topological polar surface area (TPSA) is 96.2 Å². The van der Waals surface area contributed by atoms with Gasteiger partial charge in [0.2, 0.25) is 5.91 Å². The maximum absolute atomic E-state index is 12.8. The number of anilines is 1. The minimum atomic E-state index is -0.127. The summed E-state index contributed by atoms with van der Waals surface area (Å²) in [5, 5.41) is 17.0. The highest BCUT2D eigenvalue weighted by Crippen LogP contribution is 2.25. The van der Waals surface area contributed by atoms with Crippen LogP contribution in [-0.2, 0) is 4.79 Å². The Bertz CT molecular complexity index is 939. The van der Waals surface area contributed by atoms with Crippen LogP contribution in [-0.4, -0.2) is 28.4 Å². The summed E-state index contributed by atoms with van der Waals surface area (Å²) in [5.41, 5.74) is 2.91. The second-order valence-electron chi connectivity index (χ2n) is 5.94. The molecule has 0 spiro atoms. The zero-order valence-electron chi connectivity index (χ0n) is 15.0. The third-order valence-electron chi connectivity index (χ3n) is 3.72. The first-order valence-electron chi connectivity index (χ1n) is 8.32. The Morgan fingerprint density at radius 2 is 2.04 bits per heavy atom. The second kappa shape index (κ2) is 8.56. The van der Waals surface area contributed by atoms with Gasteiger partial charge in [0, 0.05) is 12.2 Å². The monoisotopic (exact) mass is 382 g/mol. The molecule has 0 N–H and O–H groups in total. The van der Waals surface area contributed by atoms with Crippen molar-refractivity contribution >= 4 is 23.4 Å². The predicted octanol–water partition coefficient (Wildman–Crippen LogP) is 3.99. The van der Waals surface area contributed by atoms with Crippen molar-refractivity contribution in [2.45, 2.75) is 25.5 Å². The molecule has 1 amide bonds. The lowest BCUT2D eigenvalue weighted by Crippen LogP contribution is -2.33. The number of amides is 1. The number of benzene rings is 1. The molecule has 0 atom stereocenters. The minimum absolute atomic E-state index is 0.123. The van der Waals surface area contributed by atoms with Crippen molar-refractivity contribution in [2.75, 3.05) is 17.2 Å². The minimum Gasteiger partial charge on any atom is -0.459 e. The van der Waals surface area contributed by atoms with Crippen LogP contribution in [0, 0.1) is 25.2 Å². The van der Waals surface area contributed by atoms with Crippen LogP contribution in [0.3, 0.4) is 0 Å². The normalized spacial score (nSPS) is 10.6. The summed E-state index contributed by atoms with van der Waals surface area (Å²) >= 11 is 1.16. The lowest BCUT2D eigenvalue weighted by atomic mass is 10.1. The van der Waals surface area contributed by atoms with Crippen molar-refractivity contribution in [2.24, 2.45) is 0 Å². The molecule has 8 heteroatoms. The summed E-state index contributed by atoms with van der Waals surface area (Å²) in [4.78, 5) is 14.4. The summed E-state index contributed by atoms with van der Waals surface area (Å²) in [6, 6.07) is 11.5. The summed E-state index contributed by atoms with van der Waals surface area (Å²) in [6.07, 6.45) is 1.78. The third-order valence-corrected chi connectivity index (χ3v) is 4.53. The van der Waals surface area contributed by atoms with E-state index in [4.69, 9.17) is 14.1 Å². The molecule has 138 valence electrons. The quantitative estimate of drug-likeness (QED) is 0.570. The molecule has 0 radical (unpaired) electrons. The van der Waals surface area contributed by atoms with E-state index in [1.165, 1.54) is 6.26 Å². The van der Waals surface area contributed by atoms with Crippen molar-refractivity contribution in [1.82, 2.24) is 10.2 Å². The first-order chi connectivity index (χ1) is 13.1. The molecule has 2 aromatic heterocycles. The fourth-order valence-electron chi connectivity index (χ4n) is 2.64. The van der Waals surface area contributed by atoms with E-state index in [0.717, 1.165) is 28.6 Å². The van der Waals surface area contributed by atoms with Gasteiger partial charge in [-0.1, -0.05) is 17.8 Å². The van der Waals surface area contributed by atoms with Gasteiger partial charge in [0.1, 0.15) is 0 Å². The third kappa shape index (κ3) is 4.77.